The molecular weight excluding hydrogens is 418 g/mol. The minimum Gasteiger partial charge on any atom is -0.403 e. The predicted octanol–water partition coefficient (Wildman–Crippen LogP) is 5.35. The van der Waals surface area contributed by atoms with E-state index >= 15 is 0 Å². The van der Waals surface area contributed by atoms with Crippen LogP contribution < -0.4 is 5.32 Å². The van der Waals surface area contributed by atoms with Crippen molar-refractivity contribution in [3.05, 3.63) is 88.9 Å². The fourth-order valence-electron chi connectivity index (χ4n) is 2.81. The van der Waals surface area contributed by atoms with Crippen LogP contribution in [0.25, 0.3) is 22.6 Å². The van der Waals surface area contributed by atoms with Gasteiger partial charge in [-0.25, -0.2) is 0 Å². The molecule has 0 spiro atoms. The van der Waals surface area contributed by atoms with E-state index in [2.05, 4.69) is 43.6 Å². The van der Waals surface area contributed by atoms with Crippen molar-refractivity contribution in [1.29, 1.82) is 0 Å². The van der Waals surface area contributed by atoms with E-state index in [1.165, 1.54) is 0 Å². The molecule has 0 saturated heterocycles. The summed E-state index contributed by atoms with van der Waals surface area (Å²) in [4.78, 5) is 12.3. The third-order valence-corrected chi connectivity index (χ3v) is 4.66. The average Bonchev–Trinajstić information content (AvgIpc) is 3.17. The first kappa shape index (κ1) is 18.1. The zero-order valence-electron chi connectivity index (χ0n) is 14.8. The van der Waals surface area contributed by atoms with Gasteiger partial charge < -0.3 is 4.42 Å². The van der Waals surface area contributed by atoms with Crippen molar-refractivity contribution in [3.8, 4) is 22.6 Å². The maximum atomic E-state index is 12.3. The van der Waals surface area contributed by atoms with Gasteiger partial charge in [0.15, 0.2) is 0 Å². The van der Waals surface area contributed by atoms with Crippen LogP contribution in [0.4, 0.5) is 6.01 Å². The molecule has 0 aliphatic carbocycles. The topological polar surface area (TPSA) is 68.0 Å². The number of hydrogen-bond acceptors (Lipinski definition) is 4. The lowest BCUT2D eigenvalue weighted by Crippen LogP contribution is -2.14. The number of benzene rings is 3. The fourth-order valence-corrected chi connectivity index (χ4v) is 3.21. The summed E-state index contributed by atoms with van der Waals surface area (Å²) in [6.45, 7) is 0. The zero-order valence-corrected chi connectivity index (χ0v) is 16.4. The number of carbonyl (C=O) groups is 1. The van der Waals surface area contributed by atoms with Crippen molar-refractivity contribution in [2.24, 2.45) is 0 Å². The number of anilines is 1. The van der Waals surface area contributed by atoms with Crippen LogP contribution in [0, 0.1) is 0 Å². The van der Waals surface area contributed by atoms with Gasteiger partial charge in [-0.1, -0.05) is 81.7 Å². The number of rotatable bonds is 5. The van der Waals surface area contributed by atoms with Gasteiger partial charge in [-0.15, -0.1) is 5.10 Å². The molecule has 0 atom stereocenters. The monoisotopic (exact) mass is 433 g/mol. The summed E-state index contributed by atoms with van der Waals surface area (Å²) in [7, 11) is 0. The minimum atomic E-state index is -0.211. The molecule has 0 aliphatic heterocycles. The third kappa shape index (κ3) is 4.35. The Hall–Kier alpha value is -3.25. The highest BCUT2D eigenvalue weighted by atomic mass is 79.9. The Kier molecular flexibility index (Phi) is 5.30. The maximum Gasteiger partial charge on any atom is 0.322 e. The summed E-state index contributed by atoms with van der Waals surface area (Å²) in [6, 6.07) is 25.6. The molecule has 138 valence electrons. The van der Waals surface area contributed by atoms with Crippen molar-refractivity contribution in [1.82, 2.24) is 10.2 Å². The molecule has 0 bridgehead atoms. The molecule has 3 aromatic carbocycles. The van der Waals surface area contributed by atoms with E-state index in [9.17, 15) is 4.79 Å². The molecule has 1 amide bonds. The highest BCUT2D eigenvalue weighted by molar-refractivity contribution is 9.10. The van der Waals surface area contributed by atoms with Crippen LogP contribution in [0.2, 0.25) is 0 Å². The van der Waals surface area contributed by atoms with E-state index in [0.29, 0.717) is 5.89 Å². The van der Waals surface area contributed by atoms with E-state index in [4.69, 9.17) is 4.42 Å². The number of hydrogen-bond donors (Lipinski definition) is 1. The van der Waals surface area contributed by atoms with Gasteiger partial charge in [0.05, 0.1) is 6.42 Å². The van der Waals surface area contributed by atoms with Crippen molar-refractivity contribution >= 4 is 27.9 Å². The second kappa shape index (κ2) is 8.19. The first-order chi connectivity index (χ1) is 13.7. The molecule has 6 heteroatoms. The quantitative estimate of drug-likeness (QED) is 0.460. The van der Waals surface area contributed by atoms with Crippen LogP contribution in [0.15, 0.2) is 87.8 Å². The van der Waals surface area contributed by atoms with Crippen molar-refractivity contribution < 1.29 is 9.21 Å². The Labute approximate surface area is 170 Å². The van der Waals surface area contributed by atoms with Gasteiger partial charge in [-0.05, 0) is 34.9 Å². The number of carbonyl (C=O) groups excluding carboxylic acids is 1. The van der Waals surface area contributed by atoms with Gasteiger partial charge in [0, 0.05) is 10.0 Å². The van der Waals surface area contributed by atoms with Gasteiger partial charge in [-0.2, -0.15) is 0 Å². The lowest BCUT2D eigenvalue weighted by Gasteiger charge is -2.04. The van der Waals surface area contributed by atoms with Crippen molar-refractivity contribution in [2.45, 2.75) is 6.42 Å². The minimum absolute atomic E-state index is 0.0841. The maximum absolute atomic E-state index is 12.3. The smallest absolute Gasteiger partial charge is 0.322 e. The van der Waals surface area contributed by atoms with Crippen molar-refractivity contribution in [2.75, 3.05) is 5.32 Å². The Morgan fingerprint density at radius 3 is 2.32 bits per heavy atom. The Balaban J connectivity index is 1.39. The molecule has 0 fully saturated rings. The first-order valence-corrected chi connectivity index (χ1v) is 9.50. The van der Waals surface area contributed by atoms with E-state index in [0.717, 1.165) is 26.7 Å². The lowest BCUT2D eigenvalue weighted by molar-refractivity contribution is -0.115. The molecule has 1 aromatic heterocycles. The standard InChI is InChI=1S/C22H16BrN3O2/c23-19-8-4-7-18(14-19)21-25-26-22(28-21)24-20(27)13-15-9-11-17(12-10-15)16-5-2-1-3-6-16/h1-12,14H,13H2,(H,24,26,27). The molecule has 0 aliphatic rings. The highest BCUT2D eigenvalue weighted by Crippen LogP contribution is 2.23. The van der Waals surface area contributed by atoms with Gasteiger partial charge in [0.25, 0.3) is 0 Å². The van der Waals surface area contributed by atoms with E-state index < -0.39 is 0 Å². The summed E-state index contributed by atoms with van der Waals surface area (Å²) in [5.41, 5.74) is 3.94. The SMILES string of the molecule is O=C(Cc1ccc(-c2ccccc2)cc1)Nc1nnc(-c2cccc(Br)c2)o1. The summed E-state index contributed by atoms with van der Waals surface area (Å²) in [5, 5.41) is 10.5. The predicted molar refractivity (Wildman–Crippen MR) is 112 cm³/mol. The first-order valence-electron chi connectivity index (χ1n) is 8.71. The number of aromatic nitrogens is 2. The molecule has 4 aromatic rings. The number of amides is 1. The second-order valence-electron chi connectivity index (χ2n) is 6.21. The molecule has 0 saturated carbocycles. The third-order valence-electron chi connectivity index (χ3n) is 4.17. The van der Waals surface area contributed by atoms with Crippen LogP contribution in [-0.4, -0.2) is 16.1 Å². The summed E-state index contributed by atoms with van der Waals surface area (Å²) < 4.78 is 6.44. The second-order valence-corrected chi connectivity index (χ2v) is 7.13. The Morgan fingerprint density at radius 1 is 0.857 bits per heavy atom. The molecule has 0 radical (unpaired) electrons. The molecule has 28 heavy (non-hydrogen) atoms. The van der Waals surface area contributed by atoms with E-state index in [-0.39, 0.29) is 18.3 Å². The van der Waals surface area contributed by atoms with Crippen LogP contribution >= 0.6 is 15.9 Å². The molecular formula is C22H16BrN3O2. The number of nitrogens with zero attached hydrogens (tertiary/aromatic N) is 2. The van der Waals surface area contributed by atoms with Crippen molar-refractivity contribution in [3.63, 3.8) is 0 Å². The molecule has 0 unspecified atom stereocenters. The lowest BCUT2D eigenvalue weighted by atomic mass is 10.0. The number of halogens is 1. The van der Waals surface area contributed by atoms with Crippen LogP contribution in [0.3, 0.4) is 0 Å². The molecule has 4 rings (SSSR count). The van der Waals surface area contributed by atoms with Crippen LogP contribution in [0.5, 0.6) is 0 Å². The van der Waals surface area contributed by atoms with Gasteiger partial charge in [-0.3, -0.25) is 10.1 Å². The van der Waals surface area contributed by atoms with E-state index in [1.807, 2.05) is 66.7 Å². The molecule has 1 N–H and O–H groups in total. The van der Waals surface area contributed by atoms with Gasteiger partial charge in [0.2, 0.25) is 11.8 Å². The highest BCUT2D eigenvalue weighted by Gasteiger charge is 2.12. The molecule has 5 nitrogen and oxygen atoms in total. The zero-order chi connectivity index (χ0) is 19.3. The van der Waals surface area contributed by atoms with Crippen LogP contribution in [-0.2, 0) is 11.2 Å². The largest absolute Gasteiger partial charge is 0.403 e. The summed E-state index contributed by atoms with van der Waals surface area (Å²) in [6.07, 6.45) is 0.226. The summed E-state index contributed by atoms with van der Waals surface area (Å²) in [5.74, 6) is 0.140. The Bertz CT molecular complexity index is 1090. The number of nitrogens with one attached hydrogen (secondary N) is 1. The van der Waals surface area contributed by atoms with Gasteiger partial charge in [0.1, 0.15) is 0 Å². The van der Waals surface area contributed by atoms with Gasteiger partial charge >= 0.3 is 6.01 Å². The normalized spacial score (nSPS) is 10.6. The summed E-state index contributed by atoms with van der Waals surface area (Å²) >= 11 is 3.40. The van der Waals surface area contributed by atoms with Crippen LogP contribution in [0.1, 0.15) is 5.56 Å². The Morgan fingerprint density at radius 2 is 1.57 bits per heavy atom. The average molecular weight is 434 g/mol. The van der Waals surface area contributed by atoms with E-state index in [1.54, 1.807) is 0 Å². The molecule has 1 heterocycles. The fraction of sp³-hybridized carbons (Fsp3) is 0.0455.